The van der Waals surface area contributed by atoms with Crippen molar-refractivity contribution in [3.05, 3.63) is 0 Å². The summed E-state index contributed by atoms with van der Waals surface area (Å²) >= 11 is 0. The highest BCUT2D eigenvalue weighted by Gasteiger charge is 2.33. The Bertz CT molecular complexity index is 146. The van der Waals surface area contributed by atoms with Crippen LogP contribution in [0.2, 0.25) is 0 Å². The molecule has 0 bridgehead atoms. The number of ether oxygens (including phenoxy) is 1. The van der Waals surface area contributed by atoms with Crippen molar-refractivity contribution in [1.82, 2.24) is 4.90 Å². The van der Waals surface area contributed by atoms with Crippen LogP contribution in [0.4, 0.5) is 0 Å². The Labute approximate surface area is 80.7 Å². The maximum absolute atomic E-state index is 10.1. The highest BCUT2D eigenvalue weighted by Crippen LogP contribution is 2.22. The van der Waals surface area contributed by atoms with Crippen LogP contribution in [0.25, 0.3) is 0 Å². The topological polar surface area (TPSA) is 32.7 Å². The monoisotopic (exact) mass is 187 g/mol. The molecule has 0 unspecified atom stereocenters. The first-order valence-electron chi connectivity index (χ1n) is 5.34. The molecule has 1 fully saturated rings. The lowest BCUT2D eigenvalue weighted by Crippen LogP contribution is -2.52. The van der Waals surface area contributed by atoms with Crippen LogP contribution in [0.5, 0.6) is 0 Å². The van der Waals surface area contributed by atoms with Gasteiger partial charge in [0.05, 0.1) is 0 Å². The van der Waals surface area contributed by atoms with Crippen LogP contribution in [0.3, 0.4) is 0 Å². The van der Waals surface area contributed by atoms with Crippen LogP contribution in [0.15, 0.2) is 0 Å². The van der Waals surface area contributed by atoms with Gasteiger partial charge in [-0.3, -0.25) is 4.90 Å². The van der Waals surface area contributed by atoms with Gasteiger partial charge in [-0.2, -0.15) is 0 Å². The third kappa shape index (κ3) is 2.66. The van der Waals surface area contributed by atoms with Gasteiger partial charge in [-0.15, -0.1) is 0 Å². The van der Waals surface area contributed by atoms with Gasteiger partial charge >= 0.3 is 0 Å². The zero-order valence-electron chi connectivity index (χ0n) is 8.75. The maximum Gasteiger partial charge on any atom is 0.227 e. The largest absolute Gasteiger partial charge is 0.353 e. The molecule has 0 saturated carbocycles. The van der Waals surface area contributed by atoms with Gasteiger partial charge in [0.25, 0.3) is 0 Å². The van der Waals surface area contributed by atoms with E-state index < -0.39 is 5.91 Å². The van der Waals surface area contributed by atoms with Gasteiger partial charge in [0, 0.05) is 26.1 Å². The molecule has 1 aliphatic rings. The molecule has 13 heavy (non-hydrogen) atoms. The quantitative estimate of drug-likeness (QED) is 0.678. The first-order valence-corrected chi connectivity index (χ1v) is 5.34. The highest BCUT2D eigenvalue weighted by molar-refractivity contribution is 4.72. The fraction of sp³-hybridized carbons (Fsp3) is 1.00. The van der Waals surface area contributed by atoms with E-state index >= 15 is 0 Å². The number of nitrogens with zero attached hydrogens (tertiary/aromatic N) is 1. The van der Waals surface area contributed by atoms with Crippen molar-refractivity contribution in [2.45, 2.75) is 45.4 Å². The first-order chi connectivity index (χ1) is 6.23. The molecule has 1 aliphatic heterocycles. The highest BCUT2D eigenvalue weighted by atomic mass is 16.6. The minimum absolute atomic E-state index is 0.570. The Morgan fingerprint density at radius 2 is 1.85 bits per heavy atom. The van der Waals surface area contributed by atoms with Gasteiger partial charge in [0.2, 0.25) is 5.91 Å². The molecule has 0 aromatic heterocycles. The van der Waals surface area contributed by atoms with Gasteiger partial charge in [-0.25, -0.2) is 0 Å². The van der Waals surface area contributed by atoms with E-state index in [-0.39, 0.29) is 0 Å². The second kappa shape index (κ2) is 4.94. The van der Waals surface area contributed by atoms with Crippen LogP contribution in [-0.4, -0.2) is 35.6 Å². The Balaban J connectivity index is 2.51. The van der Waals surface area contributed by atoms with E-state index in [1.54, 1.807) is 0 Å². The normalized spacial score (nSPS) is 24.2. The smallest absolute Gasteiger partial charge is 0.227 e. The van der Waals surface area contributed by atoms with E-state index in [9.17, 15) is 5.11 Å². The van der Waals surface area contributed by atoms with Gasteiger partial charge in [0.1, 0.15) is 0 Å². The summed E-state index contributed by atoms with van der Waals surface area (Å²) < 4.78 is 5.40. The number of piperidine rings is 1. The Hall–Kier alpha value is -0.120. The fourth-order valence-electron chi connectivity index (χ4n) is 1.89. The molecule has 1 saturated heterocycles. The second-order valence-corrected chi connectivity index (χ2v) is 3.58. The maximum atomic E-state index is 10.1. The Morgan fingerprint density at radius 3 is 2.31 bits per heavy atom. The summed E-state index contributed by atoms with van der Waals surface area (Å²) in [6, 6.07) is 0. The molecule has 0 radical (unpaired) electrons. The van der Waals surface area contributed by atoms with E-state index in [4.69, 9.17) is 4.74 Å². The first kappa shape index (κ1) is 11.0. The van der Waals surface area contributed by atoms with Crippen molar-refractivity contribution in [2.75, 3.05) is 19.7 Å². The second-order valence-electron chi connectivity index (χ2n) is 3.58. The molecule has 1 rings (SSSR count). The molecule has 1 atom stereocenters. The molecule has 3 nitrogen and oxygen atoms in total. The minimum atomic E-state index is -1.00. The average Bonchev–Trinajstić information content (AvgIpc) is 2.19. The molecule has 1 N–H and O–H groups in total. The zero-order valence-corrected chi connectivity index (χ0v) is 8.75. The fourth-order valence-corrected chi connectivity index (χ4v) is 1.89. The van der Waals surface area contributed by atoms with E-state index in [0.717, 1.165) is 13.1 Å². The summed E-state index contributed by atoms with van der Waals surface area (Å²) in [6.45, 7) is 6.38. The Morgan fingerprint density at radius 1 is 1.23 bits per heavy atom. The molecule has 3 heteroatoms. The molecule has 1 heterocycles. The van der Waals surface area contributed by atoms with Gasteiger partial charge in [-0.1, -0.05) is 13.3 Å². The molecular formula is C10H21NO2. The van der Waals surface area contributed by atoms with Crippen molar-refractivity contribution >= 4 is 0 Å². The molecule has 0 aromatic carbocycles. The number of aliphatic hydroxyl groups is 1. The van der Waals surface area contributed by atoms with Crippen molar-refractivity contribution < 1.29 is 9.84 Å². The van der Waals surface area contributed by atoms with E-state index in [0.29, 0.717) is 13.0 Å². The van der Waals surface area contributed by atoms with E-state index in [1.807, 2.05) is 13.8 Å². The van der Waals surface area contributed by atoms with E-state index in [2.05, 4.69) is 4.90 Å². The lowest BCUT2D eigenvalue weighted by atomic mass is 10.1. The molecule has 0 amide bonds. The van der Waals surface area contributed by atoms with E-state index in [1.165, 1.54) is 19.3 Å². The summed E-state index contributed by atoms with van der Waals surface area (Å²) in [5, 5.41) is 10.1. The Kier molecular flexibility index (Phi) is 4.16. The van der Waals surface area contributed by atoms with Crippen LogP contribution in [-0.2, 0) is 4.74 Å². The summed E-state index contributed by atoms with van der Waals surface area (Å²) in [6.07, 6.45) is 4.27. The predicted molar refractivity (Wildman–Crippen MR) is 52.3 cm³/mol. The van der Waals surface area contributed by atoms with Gasteiger partial charge in [-0.05, 0) is 19.8 Å². The van der Waals surface area contributed by atoms with Crippen molar-refractivity contribution in [3.63, 3.8) is 0 Å². The van der Waals surface area contributed by atoms with Crippen molar-refractivity contribution in [2.24, 2.45) is 0 Å². The third-order valence-corrected chi connectivity index (χ3v) is 2.69. The lowest BCUT2D eigenvalue weighted by molar-refractivity contribution is -0.295. The number of likely N-dealkylation sites (tertiary alicyclic amines) is 1. The third-order valence-electron chi connectivity index (χ3n) is 2.69. The van der Waals surface area contributed by atoms with Crippen LogP contribution in [0, 0.1) is 0 Å². The van der Waals surface area contributed by atoms with Crippen molar-refractivity contribution in [3.8, 4) is 0 Å². The SMILES string of the molecule is CCO[C@](O)(CC)N1CCCCC1. The molecule has 0 aliphatic carbocycles. The van der Waals surface area contributed by atoms with Gasteiger partial charge in [0.15, 0.2) is 0 Å². The van der Waals surface area contributed by atoms with Crippen LogP contribution >= 0.6 is 0 Å². The number of hydrogen-bond donors (Lipinski definition) is 1. The summed E-state index contributed by atoms with van der Waals surface area (Å²) in [5.41, 5.74) is 0. The zero-order chi connectivity index (χ0) is 9.73. The van der Waals surface area contributed by atoms with Crippen LogP contribution < -0.4 is 0 Å². The van der Waals surface area contributed by atoms with Gasteiger partial charge < -0.3 is 9.84 Å². The molecule has 0 spiro atoms. The molecular weight excluding hydrogens is 166 g/mol. The number of rotatable bonds is 4. The summed E-state index contributed by atoms with van der Waals surface area (Å²) in [5.74, 6) is -1.00. The average molecular weight is 187 g/mol. The predicted octanol–water partition coefficient (Wildman–Crippen LogP) is 1.56. The van der Waals surface area contributed by atoms with Crippen molar-refractivity contribution in [1.29, 1.82) is 0 Å². The molecule has 0 aromatic rings. The van der Waals surface area contributed by atoms with Crippen LogP contribution in [0.1, 0.15) is 39.5 Å². The lowest BCUT2D eigenvalue weighted by Gasteiger charge is -2.40. The molecule has 78 valence electrons. The standard InChI is InChI=1S/C10H21NO2/c1-3-10(12,13-4-2)11-8-6-5-7-9-11/h12H,3-9H2,1-2H3/t10-/m1/s1. The summed E-state index contributed by atoms with van der Waals surface area (Å²) in [4.78, 5) is 2.06. The summed E-state index contributed by atoms with van der Waals surface area (Å²) in [7, 11) is 0. The minimum Gasteiger partial charge on any atom is -0.353 e. The number of hydrogen-bond acceptors (Lipinski definition) is 3.